The Bertz CT molecular complexity index is 1320. The van der Waals surface area contributed by atoms with Gasteiger partial charge in [-0.3, -0.25) is 0 Å². The fraction of sp³-hybridized carbons (Fsp3) is 0.526. The molecule has 0 aliphatic heterocycles. The van der Waals surface area contributed by atoms with Crippen molar-refractivity contribution in [2.45, 2.75) is 131 Å². The largest absolute Gasteiger partial charge is 0.508 e. The molecule has 2 heteroatoms. The molecule has 0 saturated carbocycles. The van der Waals surface area contributed by atoms with E-state index in [-0.39, 0.29) is 22.2 Å². The molecule has 0 fully saturated rings. The van der Waals surface area contributed by atoms with E-state index >= 15 is 0 Å². The molecule has 3 aromatic carbocycles. The minimum Gasteiger partial charge on any atom is -0.508 e. The molecule has 3 aromatic rings. The van der Waals surface area contributed by atoms with E-state index in [1.807, 2.05) is 12.1 Å². The van der Waals surface area contributed by atoms with Crippen LogP contribution in [0.1, 0.15) is 143 Å². The van der Waals surface area contributed by atoms with E-state index in [1.54, 1.807) is 0 Å². The fourth-order valence-corrected chi connectivity index (χ4v) is 6.48. The summed E-state index contributed by atoms with van der Waals surface area (Å²) in [6.07, 6.45) is 0.928. The van der Waals surface area contributed by atoms with Gasteiger partial charge in [-0.05, 0) is 124 Å². The van der Waals surface area contributed by atoms with Gasteiger partial charge in [-0.2, -0.15) is 0 Å². The van der Waals surface area contributed by atoms with Gasteiger partial charge >= 0.3 is 0 Å². The van der Waals surface area contributed by atoms with Crippen molar-refractivity contribution in [1.29, 1.82) is 0 Å². The summed E-state index contributed by atoms with van der Waals surface area (Å²) in [4.78, 5) is 0. The van der Waals surface area contributed by atoms with Gasteiger partial charge in [-0.25, -0.2) is 0 Å². The Labute approximate surface area is 244 Å². The van der Waals surface area contributed by atoms with Gasteiger partial charge < -0.3 is 10.2 Å². The molecule has 1 atom stereocenters. The van der Waals surface area contributed by atoms with E-state index in [0.29, 0.717) is 17.4 Å². The smallest absolute Gasteiger partial charge is 0.119 e. The van der Waals surface area contributed by atoms with Gasteiger partial charge in [-0.15, -0.1) is 0 Å². The highest BCUT2D eigenvalue weighted by Crippen LogP contribution is 2.45. The predicted molar refractivity (Wildman–Crippen MR) is 173 cm³/mol. The highest BCUT2D eigenvalue weighted by Gasteiger charge is 2.29. The van der Waals surface area contributed by atoms with Gasteiger partial charge in [0, 0.05) is 5.92 Å². The minimum absolute atomic E-state index is 0.0793. The van der Waals surface area contributed by atoms with Crippen LogP contribution >= 0.6 is 0 Å². The highest BCUT2D eigenvalue weighted by molar-refractivity contribution is 5.53. The SMILES string of the molecule is Cc1cc(C)c(C(C)(C)C)cc1C(C)CC(c1cc(C(C)(C)C)c(O)cc1C)c1cc(C(C)(C)C)c(O)cc1C. The number of phenolic OH excluding ortho intramolecular Hbond substituents is 2. The average Bonchev–Trinajstić information content (AvgIpc) is 2.75. The number of aromatic hydroxyl groups is 2. The Balaban J connectivity index is 2.30. The zero-order chi connectivity index (χ0) is 30.5. The summed E-state index contributed by atoms with van der Waals surface area (Å²) < 4.78 is 0. The second-order valence-electron chi connectivity index (χ2n) is 15.4. The molecule has 40 heavy (non-hydrogen) atoms. The number of rotatable bonds is 5. The second-order valence-corrected chi connectivity index (χ2v) is 15.4. The van der Waals surface area contributed by atoms with E-state index in [9.17, 15) is 10.2 Å². The third kappa shape index (κ3) is 6.59. The molecule has 0 bridgehead atoms. The topological polar surface area (TPSA) is 40.5 Å². The van der Waals surface area contributed by atoms with E-state index in [1.165, 1.54) is 33.4 Å². The third-order valence-corrected chi connectivity index (χ3v) is 8.68. The van der Waals surface area contributed by atoms with Crippen molar-refractivity contribution in [1.82, 2.24) is 0 Å². The Morgan fingerprint density at radius 2 is 0.850 bits per heavy atom. The van der Waals surface area contributed by atoms with E-state index < -0.39 is 0 Å². The van der Waals surface area contributed by atoms with Crippen molar-refractivity contribution >= 4 is 0 Å². The van der Waals surface area contributed by atoms with E-state index in [0.717, 1.165) is 28.7 Å². The molecule has 0 saturated heterocycles. The summed E-state index contributed by atoms with van der Waals surface area (Å²) in [5, 5.41) is 21.9. The van der Waals surface area contributed by atoms with Gasteiger partial charge in [0.15, 0.2) is 0 Å². The minimum atomic E-state index is -0.182. The zero-order valence-corrected chi connectivity index (χ0v) is 27.7. The summed E-state index contributed by atoms with van der Waals surface area (Å²) in [6.45, 7) is 30.9. The van der Waals surface area contributed by atoms with Crippen LogP contribution in [0, 0.1) is 27.7 Å². The van der Waals surface area contributed by atoms with Gasteiger partial charge in [0.1, 0.15) is 11.5 Å². The van der Waals surface area contributed by atoms with Crippen molar-refractivity contribution in [3.8, 4) is 11.5 Å². The van der Waals surface area contributed by atoms with Crippen LogP contribution in [0.2, 0.25) is 0 Å². The third-order valence-electron chi connectivity index (χ3n) is 8.68. The van der Waals surface area contributed by atoms with Crippen LogP contribution in [0.3, 0.4) is 0 Å². The van der Waals surface area contributed by atoms with Gasteiger partial charge in [0.05, 0.1) is 0 Å². The van der Waals surface area contributed by atoms with Crippen LogP contribution in [0.5, 0.6) is 11.5 Å². The van der Waals surface area contributed by atoms with Crippen molar-refractivity contribution in [3.63, 3.8) is 0 Å². The standard InChI is InChI=1S/C38H54O2/c1-22-15-26(5)31(36(6,7)8)19-27(22)23(2)16-30(28-20-32(37(9,10)11)34(39)17-24(28)3)29-21-33(38(12,13)14)35(40)18-25(29)4/h15,17-21,23,30,39-40H,16H2,1-14H3. The normalized spacial score (nSPS) is 13.7. The fourth-order valence-electron chi connectivity index (χ4n) is 6.48. The van der Waals surface area contributed by atoms with E-state index in [2.05, 4.69) is 121 Å². The van der Waals surface area contributed by atoms with Crippen molar-refractivity contribution in [2.75, 3.05) is 0 Å². The molecular weight excluding hydrogens is 488 g/mol. The molecule has 218 valence electrons. The molecule has 0 aliphatic carbocycles. The summed E-state index contributed by atoms with van der Waals surface area (Å²) >= 11 is 0. The summed E-state index contributed by atoms with van der Waals surface area (Å²) in [6, 6.07) is 13.2. The number of aryl methyl sites for hydroxylation is 4. The van der Waals surface area contributed by atoms with Crippen LogP contribution in [0.4, 0.5) is 0 Å². The number of benzene rings is 3. The zero-order valence-electron chi connectivity index (χ0n) is 27.7. The molecular formula is C38H54O2. The number of hydrogen-bond acceptors (Lipinski definition) is 2. The van der Waals surface area contributed by atoms with E-state index in [4.69, 9.17) is 0 Å². The lowest BCUT2D eigenvalue weighted by molar-refractivity contribution is 0.444. The first-order valence-corrected chi connectivity index (χ1v) is 14.9. The Morgan fingerprint density at radius 3 is 1.23 bits per heavy atom. The molecule has 0 aromatic heterocycles. The molecule has 0 amide bonds. The van der Waals surface area contributed by atoms with Crippen LogP contribution < -0.4 is 0 Å². The Hall–Kier alpha value is -2.74. The number of phenols is 2. The Morgan fingerprint density at radius 1 is 0.500 bits per heavy atom. The maximum absolute atomic E-state index is 10.9. The summed E-state index contributed by atoms with van der Waals surface area (Å²) in [5.41, 5.74) is 11.9. The first kappa shape index (κ1) is 31.8. The van der Waals surface area contributed by atoms with Crippen LogP contribution in [-0.4, -0.2) is 10.2 Å². The van der Waals surface area contributed by atoms with Gasteiger partial charge in [-0.1, -0.05) is 93.5 Å². The molecule has 1 unspecified atom stereocenters. The number of hydrogen-bond donors (Lipinski definition) is 2. The first-order chi connectivity index (χ1) is 18.1. The Kier molecular flexibility index (Phi) is 8.67. The highest BCUT2D eigenvalue weighted by atomic mass is 16.3. The van der Waals surface area contributed by atoms with Crippen LogP contribution in [-0.2, 0) is 16.2 Å². The molecule has 0 heterocycles. The lowest BCUT2D eigenvalue weighted by atomic mass is 9.73. The summed E-state index contributed by atoms with van der Waals surface area (Å²) in [5.74, 6) is 1.14. The van der Waals surface area contributed by atoms with Crippen LogP contribution in [0.25, 0.3) is 0 Å². The van der Waals surface area contributed by atoms with Gasteiger partial charge in [0.2, 0.25) is 0 Å². The lowest BCUT2D eigenvalue weighted by Crippen LogP contribution is -2.18. The van der Waals surface area contributed by atoms with Crippen LogP contribution in [0.15, 0.2) is 36.4 Å². The maximum atomic E-state index is 10.9. The van der Waals surface area contributed by atoms with Gasteiger partial charge in [0.25, 0.3) is 0 Å². The lowest BCUT2D eigenvalue weighted by Gasteiger charge is -2.31. The van der Waals surface area contributed by atoms with Crippen molar-refractivity contribution < 1.29 is 10.2 Å². The average molecular weight is 543 g/mol. The molecule has 3 rings (SSSR count). The van der Waals surface area contributed by atoms with Crippen molar-refractivity contribution in [2.24, 2.45) is 0 Å². The second kappa shape index (κ2) is 10.9. The first-order valence-electron chi connectivity index (χ1n) is 14.9. The molecule has 0 aliphatic rings. The van der Waals surface area contributed by atoms with Crippen molar-refractivity contribution in [3.05, 3.63) is 92.0 Å². The molecule has 2 N–H and O–H groups in total. The molecule has 0 radical (unpaired) electrons. The maximum Gasteiger partial charge on any atom is 0.119 e. The quantitative estimate of drug-likeness (QED) is 0.337. The predicted octanol–water partition coefficient (Wildman–Crippen LogP) is 10.5. The summed E-state index contributed by atoms with van der Waals surface area (Å²) in [7, 11) is 0. The monoisotopic (exact) mass is 542 g/mol. The molecule has 0 spiro atoms. The molecule has 2 nitrogen and oxygen atoms in total.